The van der Waals surface area contributed by atoms with E-state index in [1.165, 1.54) is 6.33 Å². The van der Waals surface area contributed by atoms with Crippen molar-refractivity contribution in [1.29, 1.82) is 0 Å². The van der Waals surface area contributed by atoms with Gasteiger partial charge in [0.15, 0.2) is 6.61 Å². The topological polar surface area (TPSA) is 119 Å². The van der Waals surface area contributed by atoms with Gasteiger partial charge in [-0.2, -0.15) is 0 Å². The number of aromatic nitrogens is 2. The predicted octanol–water partition coefficient (Wildman–Crippen LogP) is 1.34. The molecule has 9 nitrogen and oxygen atoms in total. The Morgan fingerprint density at radius 3 is 2.76 bits per heavy atom. The van der Waals surface area contributed by atoms with Gasteiger partial charge in [-0.15, -0.1) is 0 Å². The predicted molar refractivity (Wildman–Crippen MR) is 105 cm³/mol. The standard InChI is InChI=1S/C20H24N4O5/c1-13-6-2-4-8-15(13)22-20(28)23-17(25)11-29-18(26)10-24-12-21-16-9-5-3-7-14(16)19(24)27/h3,5,7,9,12-13,15H,2,4,6,8,10-11H2,1H3,(H2,22,23,25,28)/t13-,15+/m0/s1. The van der Waals surface area contributed by atoms with Crippen LogP contribution in [0.5, 0.6) is 0 Å². The van der Waals surface area contributed by atoms with Gasteiger partial charge in [0.2, 0.25) is 0 Å². The molecule has 1 heterocycles. The summed E-state index contributed by atoms with van der Waals surface area (Å²) in [6, 6.07) is 6.22. The number of nitrogens with zero attached hydrogens (tertiary/aromatic N) is 2. The van der Waals surface area contributed by atoms with Crippen molar-refractivity contribution in [3.05, 3.63) is 40.9 Å². The summed E-state index contributed by atoms with van der Waals surface area (Å²) < 4.78 is 5.98. The maximum atomic E-state index is 12.3. The van der Waals surface area contributed by atoms with Crippen LogP contribution in [0.25, 0.3) is 10.9 Å². The number of para-hydroxylation sites is 1. The summed E-state index contributed by atoms with van der Waals surface area (Å²) >= 11 is 0. The molecule has 0 aliphatic heterocycles. The van der Waals surface area contributed by atoms with E-state index in [1.54, 1.807) is 24.3 Å². The van der Waals surface area contributed by atoms with E-state index in [0.717, 1.165) is 30.3 Å². The van der Waals surface area contributed by atoms with Crippen molar-refractivity contribution < 1.29 is 19.1 Å². The number of rotatable bonds is 5. The molecule has 1 aromatic heterocycles. The lowest BCUT2D eigenvalue weighted by Gasteiger charge is -2.29. The number of urea groups is 1. The van der Waals surface area contributed by atoms with Gasteiger partial charge in [0.25, 0.3) is 11.5 Å². The third-order valence-electron chi connectivity index (χ3n) is 5.08. The third-order valence-corrected chi connectivity index (χ3v) is 5.08. The number of esters is 1. The van der Waals surface area contributed by atoms with E-state index in [0.29, 0.717) is 16.8 Å². The minimum atomic E-state index is -0.777. The molecule has 1 aliphatic rings. The molecule has 0 unspecified atom stereocenters. The van der Waals surface area contributed by atoms with Crippen LogP contribution in [0.15, 0.2) is 35.4 Å². The van der Waals surface area contributed by atoms with Gasteiger partial charge in [-0.25, -0.2) is 9.78 Å². The Morgan fingerprint density at radius 2 is 1.97 bits per heavy atom. The first-order valence-corrected chi connectivity index (χ1v) is 9.64. The van der Waals surface area contributed by atoms with Gasteiger partial charge in [0.1, 0.15) is 6.54 Å². The fraction of sp³-hybridized carbons (Fsp3) is 0.450. The average Bonchev–Trinajstić information content (AvgIpc) is 2.70. The molecular formula is C20H24N4O5. The minimum Gasteiger partial charge on any atom is -0.454 e. The Kier molecular flexibility index (Phi) is 6.58. The van der Waals surface area contributed by atoms with Crippen LogP contribution in [0.3, 0.4) is 0 Å². The average molecular weight is 400 g/mol. The minimum absolute atomic E-state index is 0.0337. The lowest BCUT2D eigenvalue weighted by molar-refractivity contribution is -0.148. The van der Waals surface area contributed by atoms with Crippen LogP contribution in [0.2, 0.25) is 0 Å². The van der Waals surface area contributed by atoms with Crippen LogP contribution in [0.4, 0.5) is 4.79 Å². The lowest BCUT2D eigenvalue weighted by atomic mass is 9.86. The molecule has 1 saturated carbocycles. The summed E-state index contributed by atoms with van der Waals surface area (Å²) in [5.74, 6) is -1.15. The second kappa shape index (κ2) is 9.31. The first kappa shape index (κ1) is 20.5. The molecule has 2 aromatic rings. The van der Waals surface area contributed by atoms with Crippen molar-refractivity contribution in [3.63, 3.8) is 0 Å². The van der Waals surface area contributed by atoms with Gasteiger partial charge in [0.05, 0.1) is 17.2 Å². The van der Waals surface area contributed by atoms with Gasteiger partial charge in [-0.1, -0.05) is 31.9 Å². The first-order valence-electron chi connectivity index (χ1n) is 9.64. The monoisotopic (exact) mass is 400 g/mol. The van der Waals surface area contributed by atoms with E-state index in [9.17, 15) is 19.2 Å². The second-order valence-corrected chi connectivity index (χ2v) is 7.25. The summed E-state index contributed by atoms with van der Waals surface area (Å²) in [5, 5.41) is 5.33. The molecule has 3 amide bonds. The zero-order valence-electron chi connectivity index (χ0n) is 16.2. The third kappa shape index (κ3) is 5.40. The van der Waals surface area contributed by atoms with Crippen LogP contribution in [-0.4, -0.2) is 40.1 Å². The Morgan fingerprint density at radius 1 is 1.21 bits per heavy atom. The summed E-state index contributed by atoms with van der Waals surface area (Å²) in [4.78, 5) is 52.2. The van der Waals surface area contributed by atoms with Gasteiger partial charge < -0.3 is 10.1 Å². The number of nitrogens with one attached hydrogen (secondary N) is 2. The number of imide groups is 1. The second-order valence-electron chi connectivity index (χ2n) is 7.25. The van der Waals surface area contributed by atoms with Crippen LogP contribution in [0.1, 0.15) is 32.6 Å². The van der Waals surface area contributed by atoms with Crippen molar-refractivity contribution in [3.8, 4) is 0 Å². The van der Waals surface area contributed by atoms with Crippen LogP contribution in [0, 0.1) is 5.92 Å². The molecule has 2 N–H and O–H groups in total. The van der Waals surface area contributed by atoms with Crippen LogP contribution >= 0.6 is 0 Å². The zero-order chi connectivity index (χ0) is 20.8. The molecular weight excluding hydrogens is 376 g/mol. The molecule has 29 heavy (non-hydrogen) atoms. The van der Waals surface area contributed by atoms with Crippen molar-refractivity contribution in [1.82, 2.24) is 20.2 Å². The van der Waals surface area contributed by atoms with E-state index in [1.807, 2.05) is 0 Å². The number of ether oxygens (including phenoxy) is 1. The Hall–Kier alpha value is -3.23. The smallest absolute Gasteiger partial charge is 0.326 e. The first-order chi connectivity index (χ1) is 13.9. The Balaban J connectivity index is 1.46. The van der Waals surface area contributed by atoms with Gasteiger partial charge >= 0.3 is 12.0 Å². The quantitative estimate of drug-likeness (QED) is 0.731. The highest BCUT2D eigenvalue weighted by molar-refractivity contribution is 5.95. The van der Waals surface area contributed by atoms with E-state index in [-0.39, 0.29) is 18.1 Å². The van der Waals surface area contributed by atoms with Crippen molar-refractivity contribution in [2.45, 2.75) is 45.2 Å². The van der Waals surface area contributed by atoms with Crippen LogP contribution in [-0.2, 0) is 20.9 Å². The number of amides is 3. The molecule has 3 rings (SSSR count). The maximum absolute atomic E-state index is 12.3. The molecule has 1 aliphatic carbocycles. The van der Waals surface area contributed by atoms with Gasteiger partial charge in [-0.3, -0.25) is 24.3 Å². The maximum Gasteiger partial charge on any atom is 0.326 e. The fourth-order valence-electron chi connectivity index (χ4n) is 3.45. The lowest BCUT2D eigenvalue weighted by Crippen LogP contribution is -2.48. The van der Waals surface area contributed by atoms with Gasteiger partial charge in [0, 0.05) is 6.04 Å². The fourth-order valence-corrected chi connectivity index (χ4v) is 3.45. The number of fused-ring (bicyclic) bond motifs is 1. The van der Waals surface area contributed by atoms with Crippen molar-refractivity contribution in [2.24, 2.45) is 5.92 Å². The van der Waals surface area contributed by atoms with E-state index in [4.69, 9.17) is 4.74 Å². The van der Waals surface area contributed by atoms with E-state index >= 15 is 0 Å². The number of hydrogen-bond acceptors (Lipinski definition) is 6. The molecule has 0 saturated heterocycles. The molecule has 1 fully saturated rings. The number of hydrogen-bond donors (Lipinski definition) is 2. The molecule has 0 spiro atoms. The van der Waals surface area contributed by atoms with Crippen molar-refractivity contribution >= 4 is 28.8 Å². The molecule has 0 radical (unpaired) electrons. The van der Waals surface area contributed by atoms with E-state index in [2.05, 4.69) is 22.5 Å². The molecule has 154 valence electrons. The molecule has 1 aromatic carbocycles. The number of carbonyl (C=O) groups excluding carboxylic acids is 3. The highest BCUT2D eigenvalue weighted by Crippen LogP contribution is 2.23. The summed E-state index contributed by atoms with van der Waals surface area (Å²) in [6.45, 7) is 1.08. The Bertz CT molecular complexity index is 971. The van der Waals surface area contributed by atoms with E-state index < -0.39 is 24.5 Å². The van der Waals surface area contributed by atoms with Crippen LogP contribution < -0.4 is 16.2 Å². The zero-order valence-corrected chi connectivity index (χ0v) is 16.2. The van der Waals surface area contributed by atoms with Crippen molar-refractivity contribution in [2.75, 3.05) is 6.61 Å². The van der Waals surface area contributed by atoms with Gasteiger partial charge in [-0.05, 0) is 30.9 Å². The highest BCUT2D eigenvalue weighted by Gasteiger charge is 2.23. The normalized spacial score (nSPS) is 18.8. The molecule has 9 heteroatoms. The molecule has 0 bridgehead atoms. The SMILES string of the molecule is C[C@H]1CCCC[C@H]1NC(=O)NC(=O)COC(=O)Cn1cnc2ccccc2c1=O. The molecule has 2 atom stereocenters. The Labute approximate surface area is 167 Å². The summed E-state index contributed by atoms with van der Waals surface area (Å²) in [6.07, 6.45) is 5.37. The number of carbonyl (C=O) groups is 3. The number of benzene rings is 1. The summed E-state index contributed by atoms with van der Waals surface area (Å²) in [7, 11) is 0. The summed E-state index contributed by atoms with van der Waals surface area (Å²) in [5.41, 5.74) is 0.151. The largest absolute Gasteiger partial charge is 0.454 e. The highest BCUT2D eigenvalue weighted by atomic mass is 16.5.